The number of rotatable bonds is 2. The second-order valence-electron chi connectivity index (χ2n) is 3.39. The summed E-state index contributed by atoms with van der Waals surface area (Å²) in [7, 11) is -4.65. The minimum absolute atomic E-state index is 0.0780. The standard InChI is InChI=1S/C9H9N3O4S/c10-7-5-3-1-2-4-6(5)12(17(14,15)16)8(7)9(11)13/h1-4H,10H2,(H2,11,13)(H,14,15,16). The van der Waals surface area contributed by atoms with Crippen LogP contribution in [0.4, 0.5) is 5.69 Å². The van der Waals surface area contributed by atoms with Gasteiger partial charge in [-0.15, -0.1) is 0 Å². The van der Waals surface area contributed by atoms with Crippen LogP contribution in [0.25, 0.3) is 10.9 Å². The molecule has 90 valence electrons. The van der Waals surface area contributed by atoms with Crippen LogP contribution in [0.3, 0.4) is 0 Å². The number of anilines is 1. The van der Waals surface area contributed by atoms with Crippen molar-refractivity contribution in [1.82, 2.24) is 3.97 Å². The van der Waals surface area contributed by atoms with E-state index in [2.05, 4.69) is 0 Å². The lowest BCUT2D eigenvalue weighted by molar-refractivity contribution is 0.0995. The Balaban J connectivity index is 3.07. The number of carbonyl (C=O) groups excluding carboxylic acids is 1. The van der Waals surface area contributed by atoms with Crippen LogP contribution in [0.15, 0.2) is 24.3 Å². The van der Waals surface area contributed by atoms with Gasteiger partial charge in [-0.25, -0.2) is 3.97 Å². The Labute approximate surface area is 96.5 Å². The van der Waals surface area contributed by atoms with E-state index in [1.165, 1.54) is 12.1 Å². The molecule has 0 spiro atoms. The SMILES string of the molecule is NC(=O)c1c(N)c2ccccc2n1S(=O)(=O)O. The molecule has 7 nitrogen and oxygen atoms in total. The van der Waals surface area contributed by atoms with Gasteiger partial charge >= 0.3 is 10.3 Å². The summed E-state index contributed by atoms with van der Waals surface area (Å²) in [5.74, 6) is -1.03. The molecule has 8 heteroatoms. The van der Waals surface area contributed by atoms with Gasteiger partial charge < -0.3 is 11.5 Å². The number of nitrogens with zero attached hydrogens (tertiary/aromatic N) is 1. The average molecular weight is 255 g/mol. The minimum atomic E-state index is -4.65. The normalized spacial score (nSPS) is 11.8. The summed E-state index contributed by atoms with van der Waals surface area (Å²) < 4.78 is 32.0. The second-order valence-corrected chi connectivity index (χ2v) is 4.65. The first-order valence-corrected chi connectivity index (χ1v) is 5.90. The first-order valence-electron chi connectivity index (χ1n) is 4.50. The molecule has 0 atom stereocenters. The van der Waals surface area contributed by atoms with Gasteiger partial charge in [0.05, 0.1) is 11.2 Å². The topological polar surface area (TPSA) is 128 Å². The number of fused-ring (bicyclic) bond motifs is 1. The molecule has 0 saturated heterocycles. The number of amides is 1. The van der Waals surface area contributed by atoms with Gasteiger partial charge in [0.25, 0.3) is 5.91 Å². The fourth-order valence-electron chi connectivity index (χ4n) is 1.71. The Bertz CT molecular complexity index is 717. The zero-order valence-electron chi connectivity index (χ0n) is 8.49. The van der Waals surface area contributed by atoms with Gasteiger partial charge in [0, 0.05) is 5.39 Å². The van der Waals surface area contributed by atoms with E-state index in [4.69, 9.17) is 16.0 Å². The van der Waals surface area contributed by atoms with E-state index < -0.39 is 21.9 Å². The summed E-state index contributed by atoms with van der Waals surface area (Å²) in [5.41, 5.74) is 10.3. The molecule has 1 heterocycles. The molecule has 0 unspecified atom stereocenters. The molecule has 1 aromatic carbocycles. The number of nitrogen functional groups attached to an aromatic ring is 1. The van der Waals surface area contributed by atoms with Crippen molar-refractivity contribution in [3.63, 3.8) is 0 Å². The van der Waals surface area contributed by atoms with Crippen LogP contribution in [0.1, 0.15) is 10.5 Å². The summed E-state index contributed by atoms with van der Waals surface area (Å²) >= 11 is 0. The number of nitrogens with two attached hydrogens (primary N) is 2. The van der Waals surface area contributed by atoms with E-state index in [0.717, 1.165) is 0 Å². The Morgan fingerprint density at radius 3 is 2.41 bits per heavy atom. The highest BCUT2D eigenvalue weighted by molar-refractivity contribution is 7.84. The molecule has 0 saturated carbocycles. The highest BCUT2D eigenvalue weighted by Crippen LogP contribution is 2.29. The number of primary amides is 1. The molecular formula is C9H9N3O4S. The van der Waals surface area contributed by atoms with Gasteiger partial charge in [0.2, 0.25) is 0 Å². The van der Waals surface area contributed by atoms with Crippen molar-refractivity contribution < 1.29 is 17.8 Å². The zero-order valence-corrected chi connectivity index (χ0v) is 9.31. The highest BCUT2D eigenvalue weighted by Gasteiger charge is 2.25. The van der Waals surface area contributed by atoms with E-state index in [-0.39, 0.29) is 11.2 Å². The molecule has 0 radical (unpaired) electrons. The van der Waals surface area contributed by atoms with Gasteiger partial charge in [-0.2, -0.15) is 8.42 Å². The van der Waals surface area contributed by atoms with Gasteiger partial charge in [0.1, 0.15) is 5.69 Å². The third-order valence-electron chi connectivity index (χ3n) is 2.34. The van der Waals surface area contributed by atoms with Crippen molar-refractivity contribution in [3.05, 3.63) is 30.0 Å². The lowest BCUT2D eigenvalue weighted by atomic mass is 10.2. The molecule has 0 aliphatic rings. The Kier molecular flexibility index (Phi) is 2.33. The molecule has 0 bridgehead atoms. The van der Waals surface area contributed by atoms with Crippen LogP contribution in [-0.2, 0) is 10.3 Å². The molecule has 2 aromatic rings. The van der Waals surface area contributed by atoms with Crippen molar-refractivity contribution in [2.24, 2.45) is 5.73 Å². The molecular weight excluding hydrogens is 246 g/mol. The lowest BCUT2D eigenvalue weighted by Crippen LogP contribution is -2.22. The largest absolute Gasteiger partial charge is 0.396 e. The summed E-state index contributed by atoms with van der Waals surface area (Å²) in [6.07, 6.45) is 0. The quantitative estimate of drug-likeness (QED) is 0.649. The lowest BCUT2D eigenvalue weighted by Gasteiger charge is -2.03. The minimum Gasteiger partial charge on any atom is -0.396 e. The first-order chi connectivity index (χ1) is 7.84. The second kappa shape index (κ2) is 3.47. The number of carbonyl (C=O) groups is 1. The smallest absolute Gasteiger partial charge is 0.364 e. The van der Waals surface area contributed by atoms with E-state index in [1.54, 1.807) is 12.1 Å². The summed E-state index contributed by atoms with van der Waals surface area (Å²) in [6.45, 7) is 0. The Hall–Kier alpha value is -2.06. The van der Waals surface area contributed by atoms with Crippen LogP contribution < -0.4 is 11.5 Å². The van der Waals surface area contributed by atoms with Crippen molar-refractivity contribution in [2.75, 3.05) is 5.73 Å². The van der Waals surface area contributed by atoms with Gasteiger partial charge in [-0.3, -0.25) is 9.35 Å². The number of benzene rings is 1. The van der Waals surface area contributed by atoms with Crippen molar-refractivity contribution >= 4 is 32.8 Å². The van der Waals surface area contributed by atoms with Crippen LogP contribution in [0, 0.1) is 0 Å². The maximum absolute atomic E-state index is 11.2. The summed E-state index contributed by atoms with van der Waals surface area (Å²) in [5, 5.41) is 0.332. The number of hydrogen-bond donors (Lipinski definition) is 3. The molecule has 5 N–H and O–H groups in total. The Morgan fingerprint density at radius 2 is 1.88 bits per heavy atom. The third-order valence-corrected chi connectivity index (χ3v) is 3.18. The van der Waals surface area contributed by atoms with E-state index in [0.29, 0.717) is 9.36 Å². The summed E-state index contributed by atoms with van der Waals surface area (Å²) in [6, 6.07) is 6.11. The van der Waals surface area contributed by atoms with Crippen LogP contribution >= 0.6 is 0 Å². The number of para-hydroxylation sites is 1. The average Bonchev–Trinajstić information content (AvgIpc) is 2.52. The maximum atomic E-state index is 11.2. The Morgan fingerprint density at radius 1 is 1.29 bits per heavy atom. The highest BCUT2D eigenvalue weighted by atomic mass is 32.2. The fraction of sp³-hybridized carbons (Fsp3) is 0. The molecule has 1 amide bonds. The van der Waals surface area contributed by atoms with Gasteiger partial charge in [-0.05, 0) is 6.07 Å². The van der Waals surface area contributed by atoms with Gasteiger partial charge in [0.15, 0.2) is 0 Å². The van der Waals surface area contributed by atoms with Crippen LogP contribution in [0.5, 0.6) is 0 Å². The van der Waals surface area contributed by atoms with E-state index >= 15 is 0 Å². The molecule has 0 fully saturated rings. The molecule has 0 aliphatic carbocycles. The van der Waals surface area contributed by atoms with Crippen molar-refractivity contribution in [3.8, 4) is 0 Å². The van der Waals surface area contributed by atoms with Crippen LogP contribution in [-0.4, -0.2) is 22.9 Å². The fourth-order valence-corrected chi connectivity index (χ4v) is 2.54. The number of hydrogen-bond acceptors (Lipinski definition) is 4. The van der Waals surface area contributed by atoms with E-state index in [9.17, 15) is 13.2 Å². The van der Waals surface area contributed by atoms with Gasteiger partial charge in [-0.1, -0.05) is 18.2 Å². The first kappa shape index (κ1) is 11.4. The summed E-state index contributed by atoms with van der Waals surface area (Å²) in [4.78, 5) is 11.2. The maximum Gasteiger partial charge on any atom is 0.364 e. The predicted molar refractivity (Wildman–Crippen MR) is 61.8 cm³/mol. The predicted octanol–water partition coefficient (Wildman–Crippen LogP) is -0.0267. The van der Waals surface area contributed by atoms with Crippen LogP contribution in [0.2, 0.25) is 0 Å². The van der Waals surface area contributed by atoms with Crippen molar-refractivity contribution in [1.29, 1.82) is 0 Å². The van der Waals surface area contributed by atoms with Crippen molar-refractivity contribution in [2.45, 2.75) is 0 Å². The third kappa shape index (κ3) is 1.63. The molecule has 2 rings (SSSR count). The van der Waals surface area contributed by atoms with E-state index in [1.807, 2.05) is 0 Å². The molecule has 17 heavy (non-hydrogen) atoms. The number of aromatic nitrogens is 1. The molecule has 1 aromatic heterocycles. The molecule has 0 aliphatic heterocycles. The monoisotopic (exact) mass is 255 g/mol. The zero-order chi connectivity index (χ0) is 12.8.